The average molecular weight is 329 g/mol. The van der Waals surface area contributed by atoms with Crippen molar-refractivity contribution in [1.82, 2.24) is 0 Å². The molecule has 0 spiro atoms. The van der Waals surface area contributed by atoms with Gasteiger partial charge >= 0.3 is 0 Å². The van der Waals surface area contributed by atoms with Crippen LogP contribution >= 0.6 is 34.8 Å². The topological polar surface area (TPSA) is 67.2 Å². The van der Waals surface area contributed by atoms with Gasteiger partial charge in [0, 0.05) is 28.1 Å². The van der Waals surface area contributed by atoms with E-state index in [2.05, 4.69) is 10.0 Å². The van der Waals surface area contributed by atoms with Crippen molar-refractivity contribution in [3.8, 4) is 23.0 Å². The predicted molar refractivity (Wildman–Crippen MR) is 76.9 cm³/mol. The summed E-state index contributed by atoms with van der Waals surface area (Å²) in [5.74, 6) is 1.40. The molecule has 0 amide bonds. The molecule has 0 unspecified atom stereocenters. The van der Waals surface area contributed by atoms with Crippen molar-refractivity contribution in [2.75, 3.05) is 0 Å². The fraction of sp³-hybridized carbons (Fsp3) is 0. The Bertz CT molecular complexity index is 773. The first-order valence-electron chi connectivity index (χ1n) is 5.32. The molecule has 20 heavy (non-hydrogen) atoms. The summed E-state index contributed by atoms with van der Waals surface area (Å²) < 4.78 is 11.3. The second-order valence-corrected chi connectivity index (χ2v) is 5.11. The second-order valence-electron chi connectivity index (χ2n) is 3.86. The Labute approximate surface area is 128 Å². The van der Waals surface area contributed by atoms with Gasteiger partial charge in [-0.2, -0.15) is 0 Å². The Balaban J connectivity index is 2.17. The first-order chi connectivity index (χ1) is 9.58. The molecule has 2 aromatic rings. The lowest BCUT2D eigenvalue weighted by atomic mass is 10.2. The highest BCUT2D eigenvalue weighted by molar-refractivity contribution is 6.42. The molecule has 0 fully saturated rings. The third kappa shape index (κ3) is 2.21. The zero-order valence-corrected chi connectivity index (χ0v) is 11.9. The van der Waals surface area contributed by atoms with Crippen LogP contribution in [-0.4, -0.2) is 0 Å². The monoisotopic (exact) mass is 327 g/mol. The number of ether oxygens (including phenoxy) is 2. The number of fused-ring (bicyclic) bond motifs is 2. The number of azide groups is 1. The maximum Gasteiger partial charge on any atom is 0.179 e. The molecule has 100 valence electrons. The molecule has 0 saturated heterocycles. The molecule has 0 aromatic heterocycles. The Morgan fingerprint density at radius 3 is 2.20 bits per heavy atom. The minimum absolute atomic E-state index is 0.228. The highest BCUT2D eigenvalue weighted by Crippen LogP contribution is 2.52. The van der Waals surface area contributed by atoms with Crippen LogP contribution in [0.15, 0.2) is 29.4 Å². The standard InChI is InChI=1S/C12H4Cl3N3O2/c13-5-1-8(17-18-16)12-11(2-5)19-9-3-6(14)7(15)4-10(9)20-12/h1-4H. The number of hydrogen-bond donors (Lipinski definition) is 0. The molecule has 0 radical (unpaired) electrons. The maximum atomic E-state index is 8.57. The fourth-order valence-corrected chi connectivity index (χ4v) is 2.26. The lowest BCUT2D eigenvalue weighted by Gasteiger charge is -2.22. The van der Waals surface area contributed by atoms with Crippen LogP contribution in [-0.2, 0) is 0 Å². The zero-order valence-electron chi connectivity index (χ0n) is 9.60. The van der Waals surface area contributed by atoms with Gasteiger partial charge in [-0.05, 0) is 11.6 Å². The number of halogens is 3. The highest BCUT2D eigenvalue weighted by atomic mass is 35.5. The van der Waals surface area contributed by atoms with Crippen molar-refractivity contribution < 1.29 is 9.47 Å². The molecule has 2 aromatic carbocycles. The third-order valence-electron chi connectivity index (χ3n) is 2.57. The number of benzene rings is 2. The van der Waals surface area contributed by atoms with Crippen molar-refractivity contribution in [3.63, 3.8) is 0 Å². The second kappa shape index (κ2) is 4.96. The Hall–Kier alpha value is -1.78. The minimum atomic E-state index is 0.228. The molecule has 3 rings (SSSR count). The van der Waals surface area contributed by atoms with E-state index in [1.54, 1.807) is 6.07 Å². The Morgan fingerprint density at radius 1 is 0.900 bits per heavy atom. The van der Waals surface area contributed by atoms with Crippen molar-refractivity contribution in [2.24, 2.45) is 5.11 Å². The summed E-state index contributed by atoms with van der Waals surface area (Å²) in [4.78, 5) is 2.73. The van der Waals surface area contributed by atoms with E-state index in [1.807, 2.05) is 0 Å². The quantitative estimate of drug-likeness (QED) is 0.291. The van der Waals surface area contributed by atoms with Gasteiger partial charge in [-0.15, -0.1) is 0 Å². The van der Waals surface area contributed by atoms with Gasteiger partial charge in [-0.3, -0.25) is 0 Å². The summed E-state index contributed by atoms with van der Waals surface area (Å²) in [6.45, 7) is 0. The summed E-state index contributed by atoms with van der Waals surface area (Å²) in [6, 6.07) is 6.09. The van der Waals surface area contributed by atoms with Crippen LogP contribution in [0.1, 0.15) is 0 Å². The number of hydrogen-bond acceptors (Lipinski definition) is 3. The van der Waals surface area contributed by atoms with Gasteiger partial charge in [0.15, 0.2) is 23.0 Å². The molecule has 5 nitrogen and oxygen atoms in total. The van der Waals surface area contributed by atoms with E-state index in [0.717, 1.165) is 0 Å². The smallest absolute Gasteiger partial charge is 0.179 e. The third-order valence-corrected chi connectivity index (χ3v) is 3.51. The van der Waals surface area contributed by atoms with E-state index in [1.165, 1.54) is 18.2 Å². The van der Waals surface area contributed by atoms with Crippen LogP contribution in [0, 0.1) is 0 Å². The van der Waals surface area contributed by atoms with Gasteiger partial charge in [0.25, 0.3) is 0 Å². The van der Waals surface area contributed by atoms with Gasteiger partial charge in [0.2, 0.25) is 0 Å². The molecule has 1 aliphatic heterocycles. The van der Waals surface area contributed by atoms with Gasteiger partial charge in [0.1, 0.15) is 0 Å². The lowest BCUT2D eigenvalue weighted by Crippen LogP contribution is -1.99. The highest BCUT2D eigenvalue weighted by Gasteiger charge is 2.23. The van der Waals surface area contributed by atoms with E-state index < -0.39 is 0 Å². The fourth-order valence-electron chi connectivity index (χ4n) is 1.75. The number of rotatable bonds is 1. The summed E-state index contributed by atoms with van der Waals surface area (Å²) >= 11 is 17.8. The first-order valence-corrected chi connectivity index (χ1v) is 6.45. The van der Waals surface area contributed by atoms with Crippen LogP contribution < -0.4 is 9.47 Å². The summed E-state index contributed by atoms with van der Waals surface area (Å²) in [7, 11) is 0. The molecule has 1 heterocycles. The van der Waals surface area contributed by atoms with Gasteiger partial charge in [-0.1, -0.05) is 39.9 Å². The summed E-state index contributed by atoms with van der Waals surface area (Å²) in [5.41, 5.74) is 8.80. The van der Waals surface area contributed by atoms with Crippen LogP contribution in [0.2, 0.25) is 15.1 Å². The SMILES string of the molecule is [N-]=[N+]=Nc1cc(Cl)cc2c1Oc1cc(Cl)c(Cl)cc1O2. The van der Waals surface area contributed by atoms with Crippen LogP contribution in [0.4, 0.5) is 5.69 Å². The van der Waals surface area contributed by atoms with Crippen LogP contribution in [0.25, 0.3) is 10.4 Å². The zero-order chi connectivity index (χ0) is 14.3. The van der Waals surface area contributed by atoms with E-state index in [0.29, 0.717) is 32.3 Å². The number of nitrogens with zero attached hydrogens (tertiary/aromatic N) is 3. The van der Waals surface area contributed by atoms with Gasteiger partial charge in [-0.25, -0.2) is 0 Å². The molecule has 0 atom stereocenters. The summed E-state index contributed by atoms with van der Waals surface area (Å²) in [6.07, 6.45) is 0. The molecule has 0 aliphatic carbocycles. The Morgan fingerprint density at radius 2 is 1.55 bits per heavy atom. The van der Waals surface area contributed by atoms with Crippen molar-refractivity contribution in [2.45, 2.75) is 0 Å². The van der Waals surface area contributed by atoms with Crippen LogP contribution in [0.3, 0.4) is 0 Å². The predicted octanol–water partition coefficient (Wildman–Crippen LogP) is 6.49. The maximum absolute atomic E-state index is 8.57. The van der Waals surface area contributed by atoms with Crippen molar-refractivity contribution in [1.29, 1.82) is 0 Å². The van der Waals surface area contributed by atoms with Crippen LogP contribution in [0.5, 0.6) is 23.0 Å². The molecule has 0 bridgehead atoms. The normalized spacial score (nSPS) is 11.6. The minimum Gasteiger partial charge on any atom is -0.449 e. The molecule has 0 N–H and O–H groups in total. The van der Waals surface area contributed by atoms with E-state index in [9.17, 15) is 0 Å². The first kappa shape index (κ1) is 13.2. The molecule has 1 aliphatic rings. The largest absolute Gasteiger partial charge is 0.449 e. The van der Waals surface area contributed by atoms with E-state index >= 15 is 0 Å². The summed E-state index contributed by atoms with van der Waals surface area (Å²) in [5, 5.41) is 4.56. The molecule has 0 saturated carbocycles. The molecular formula is C12H4Cl3N3O2. The van der Waals surface area contributed by atoms with Crippen molar-refractivity contribution >= 4 is 40.5 Å². The Kier molecular flexibility index (Phi) is 3.28. The van der Waals surface area contributed by atoms with Crippen molar-refractivity contribution in [3.05, 3.63) is 49.8 Å². The van der Waals surface area contributed by atoms with E-state index in [-0.39, 0.29) is 11.4 Å². The van der Waals surface area contributed by atoms with Gasteiger partial charge < -0.3 is 9.47 Å². The molecular weight excluding hydrogens is 325 g/mol. The van der Waals surface area contributed by atoms with Gasteiger partial charge in [0.05, 0.1) is 15.7 Å². The van der Waals surface area contributed by atoms with E-state index in [4.69, 9.17) is 49.8 Å². The lowest BCUT2D eigenvalue weighted by molar-refractivity contribution is 0.360. The average Bonchev–Trinajstić information content (AvgIpc) is 2.39. The molecule has 8 heteroatoms.